The third kappa shape index (κ3) is 6.49. The summed E-state index contributed by atoms with van der Waals surface area (Å²) in [7, 11) is -4.05. The van der Waals surface area contributed by atoms with Crippen LogP contribution in [0.1, 0.15) is 13.8 Å². The Hall–Kier alpha value is -0.920. The van der Waals surface area contributed by atoms with Crippen LogP contribution in [0.25, 0.3) is 0 Å². The molecule has 1 unspecified atom stereocenters. The maximum atomic E-state index is 12.7. The minimum Gasteiger partial charge on any atom is -0.488 e. The van der Waals surface area contributed by atoms with Crippen molar-refractivity contribution in [3.05, 3.63) is 29.3 Å². The van der Waals surface area contributed by atoms with Gasteiger partial charge in [-0.3, -0.25) is 0 Å². The van der Waals surface area contributed by atoms with Crippen LogP contribution in [0.4, 0.5) is 8.78 Å². The first-order valence-corrected chi connectivity index (χ1v) is 7.88. The van der Waals surface area contributed by atoms with Gasteiger partial charge in [0.05, 0.1) is 5.02 Å². The lowest BCUT2D eigenvalue weighted by molar-refractivity contribution is 0.0470. The van der Waals surface area contributed by atoms with Crippen LogP contribution in [-0.2, 0) is 10.0 Å². The van der Waals surface area contributed by atoms with Crippen molar-refractivity contribution in [3.8, 4) is 5.75 Å². The van der Waals surface area contributed by atoms with E-state index in [2.05, 4.69) is 4.72 Å². The predicted molar refractivity (Wildman–Crippen MR) is 74.0 cm³/mol. The average Bonchev–Trinajstić information content (AvgIpc) is 2.27. The molecule has 1 N–H and O–H groups in total. The summed E-state index contributed by atoms with van der Waals surface area (Å²) in [6.07, 6.45) is -0.546. The number of sulfonamides is 1. The van der Waals surface area contributed by atoms with E-state index in [1.165, 1.54) is 0 Å². The molecule has 4 nitrogen and oxygen atoms in total. The highest BCUT2D eigenvalue weighted by Gasteiger charge is 2.30. The second-order valence-electron chi connectivity index (χ2n) is 4.54. The molecular weight excluding hydrogens is 312 g/mol. The molecule has 0 amide bonds. The number of alkyl halides is 2. The Kier molecular flexibility index (Phi) is 5.73. The number of rotatable bonds is 7. The summed E-state index contributed by atoms with van der Waals surface area (Å²) in [5.74, 6) is -4.13. The maximum absolute atomic E-state index is 12.7. The highest BCUT2D eigenvalue weighted by atomic mass is 35.5. The van der Waals surface area contributed by atoms with Crippen LogP contribution < -0.4 is 9.46 Å². The third-order valence-corrected chi connectivity index (χ3v) is 4.00. The third-order valence-electron chi connectivity index (χ3n) is 2.20. The van der Waals surface area contributed by atoms with Gasteiger partial charge in [-0.15, -0.1) is 0 Å². The zero-order valence-electron chi connectivity index (χ0n) is 11.1. The fourth-order valence-electron chi connectivity index (χ4n) is 1.43. The van der Waals surface area contributed by atoms with E-state index in [-0.39, 0.29) is 6.54 Å². The molecule has 0 spiro atoms. The number of hydrogen-bond acceptors (Lipinski definition) is 3. The Morgan fingerprint density at radius 1 is 1.40 bits per heavy atom. The molecule has 0 aliphatic rings. The molecule has 0 aliphatic carbocycles. The maximum Gasteiger partial charge on any atom is 0.260 e. The fraction of sp³-hybridized carbons (Fsp3) is 0.500. The summed E-state index contributed by atoms with van der Waals surface area (Å²) >= 11 is 5.88. The van der Waals surface area contributed by atoms with Crippen LogP contribution in [0.2, 0.25) is 5.02 Å². The van der Waals surface area contributed by atoms with E-state index in [0.29, 0.717) is 17.7 Å². The smallest absolute Gasteiger partial charge is 0.260 e. The lowest BCUT2D eigenvalue weighted by Gasteiger charge is -2.17. The van der Waals surface area contributed by atoms with Gasteiger partial charge < -0.3 is 4.74 Å². The SMILES string of the molecule is CC(CNS(=O)(=O)CC(C)(F)F)Oc1ccccc1Cl. The summed E-state index contributed by atoms with van der Waals surface area (Å²) in [6.45, 7) is 2.04. The van der Waals surface area contributed by atoms with Crippen LogP contribution in [0.15, 0.2) is 24.3 Å². The van der Waals surface area contributed by atoms with Crippen molar-refractivity contribution in [3.63, 3.8) is 0 Å². The summed E-state index contributed by atoms with van der Waals surface area (Å²) < 4.78 is 55.6. The van der Waals surface area contributed by atoms with Gasteiger partial charge >= 0.3 is 0 Å². The van der Waals surface area contributed by atoms with Crippen LogP contribution in [0, 0.1) is 0 Å². The molecule has 0 aromatic heterocycles. The van der Waals surface area contributed by atoms with Crippen LogP contribution in [-0.4, -0.2) is 32.7 Å². The number of hydrogen-bond donors (Lipinski definition) is 1. The zero-order valence-corrected chi connectivity index (χ0v) is 12.6. The summed E-state index contributed by atoms with van der Waals surface area (Å²) in [5, 5.41) is 0.391. The van der Waals surface area contributed by atoms with Crippen molar-refractivity contribution in [1.29, 1.82) is 0 Å². The van der Waals surface area contributed by atoms with Crippen molar-refractivity contribution < 1.29 is 21.9 Å². The number of benzene rings is 1. The van der Waals surface area contributed by atoms with Crippen LogP contribution >= 0.6 is 11.6 Å². The van der Waals surface area contributed by atoms with Gasteiger partial charge in [0.25, 0.3) is 5.92 Å². The first-order valence-electron chi connectivity index (χ1n) is 5.85. The highest BCUT2D eigenvalue weighted by molar-refractivity contribution is 7.89. The minimum absolute atomic E-state index is 0.121. The molecule has 1 rings (SSSR count). The fourth-order valence-corrected chi connectivity index (χ4v) is 2.87. The lowest BCUT2D eigenvalue weighted by Crippen LogP contribution is -2.39. The van der Waals surface area contributed by atoms with Crippen molar-refractivity contribution >= 4 is 21.6 Å². The van der Waals surface area contributed by atoms with Gasteiger partial charge in [0, 0.05) is 13.5 Å². The Balaban J connectivity index is 2.52. The van der Waals surface area contributed by atoms with Gasteiger partial charge in [0.2, 0.25) is 10.0 Å². The standard InChI is InChI=1S/C12H16ClF2NO3S/c1-9(19-11-6-4-3-5-10(11)13)7-16-20(17,18)8-12(2,14)15/h3-6,9,16H,7-8H2,1-2H3. The predicted octanol–water partition coefficient (Wildman–Crippen LogP) is 2.68. The molecule has 20 heavy (non-hydrogen) atoms. The molecule has 0 bridgehead atoms. The van der Waals surface area contributed by atoms with E-state index >= 15 is 0 Å². The van der Waals surface area contributed by atoms with Gasteiger partial charge in [0.15, 0.2) is 0 Å². The summed E-state index contributed by atoms with van der Waals surface area (Å²) in [4.78, 5) is 0. The summed E-state index contributed by atoms with van der Waals surface area (Å²) in [5.41, 5.74) is 0. The van der Waals surface area contributed by atoms with E-state index in [0.717, 1.165) is 0 Å². The number of ether oxygens (including phenoxy) is 1. The molecule has 0 fully saturated rings. The van der Waals surface area contributed by atoms with Crippen molar-refractivity contribution in [1.82, 2.24) is 4.72 Å². The molecule has 0 radical (unpaired) electrons. The Labute approximate surface area is 122 Å². The monoisotopic (exact) mass is 327 g/mol. The molecule has 1 aromatic carbocycles. The van der Waals surface area contributed by atoms with E-state index < -0.39 is 27.8 Å². The van der Waals surface area contributed by atoms with Crippen molar-refractivity contribution in [2.45, 2.75) is 25.9 Å². The van der Waals surface area contributed by atoms with Gasteiger partial charge in [-0.2, -0.15) is 0 Å². The van der Waals surface area contributed by atoms with Gasteiger partial charge in [-0.25, -0.2) is 21.9 Å². The Bertz CT molecular complexity index is 546. The molecule has 8 heteroatoms. The molecule has 114 valence electrons. The number of para-hydroxylation sites is 1. The molecular formula is C12H16ClF2NO3S. The molecule has 0 saturated carbocycles. The van der Waals surface area contributed by atoms with Gasteiger partial charge in [-0.05, 0) is 19.1 Å². The highest BCUT2D eigenvalue weighted by Crippen LogP contribution is 2.24. The summed E-state index contributed by atoms with van der Waals surface area (Å²) in [6, 6.07) is 6.71. The topological polar surface area (TPSA) is 55.4 Å². The van der Waals surface area contributed by atoms with E-state index in [1.54, 1.807) is 31.2 Å². The van der Waals surface area contributed by atoms with Gasteiger partial charge in [0.1, 0.15) is 17.6 Å². The van der Waals surface area contributed by atoms with Crippen LogP contribution in [0.5, 0.6) is 5.75 Å². The first kappa shape index (κ1) is 17.1. The molecule has 0 aliphatic heterocycles. The Morgan fingerprint density at radius 3 is 2.55 bits per heavy atom. The quantitative estimate of drug-likeness (QED) is 0.837. The largest absolute Gasteiger partial charge is 0.488 e. The number of nitrogens with one attached hydrogen (secondary N) is 1. The van der Waals surface area contributed by atoms with E-state index in [4.69, 9.17) is 16.3 Å². The second kappa shape index (κ2) is 6.69. The van der Waals surface area contributed by atoms with E-state index in [1.807, 2.05) is 0 Å². The van der Waals surface area contributed by atoms with E-state index in [9.17, 15) is 17.2 Å². The molecule has 0 heterocycles. The molecule has 1 aromatic rings. The molecule has 1 atom stereocenters. The normalized spacial score (nSPS) is 14.1. The minimum atomic E-state index is -4.05. The van der Waals surface area contributed by atoms with Crippen molar-refractivity contribution in [2.75, 3.05) is 12.3 Å². The van der Waals surface area contributed by atoms with Crippen molar-refractivity contribution in [2.24, 2.45) is 0 Å². The zero-order chi connectivity index (χ0) is 15.4. The van der Waals surface area contributed by atoms with Gasteiger partial charge in [-0.1, -0.05) is 23.7 Å². The number of halogens is 3. The average molecular weight is 328 g/mol. The second-order valence-corrected chi connectivity index (χ2v) is 6.75. The first-order chi connectivity index (χ1) is 9.09. The Morgan fingerprint density at radius 2 is 2.00 bits per heavy atom. The van der Waals surface area contributed by atoms with Crippen LogP contribution in [0.3, 0.4) is 0 Å². The lowest BCUT2D eigenvalue weighted by atomic mass is 10.3. The molecule has 0 saturated heterocycles.